The predicted octanol–water partition coefficient (Wildman–Crippen LogP) is 3.72. The van der Waals surface area contributed by atoms with Crippen LogP contribution >= 0.6 is 23.2 Å². The van der Waals surface area contributed by atoms with Crippen molar-refractivity contribution in [3.05, 3.63) is 69.2 Å². The van der Waals surface area contributed by atoms with Crippen molar-refractivity contribution in [3.63, 3.8) is 0 Å². The maximum Gasteiger partial charge on any atom is 0.311 e. The average molecular weight is 476 g/mol. The zero-order valence-electron chi connectivity index (χ0n) is 17.1. The van der Waals surface area contributed by atoms with Crippen molar-refractivity contribution in [2.45, 2.75) is 31.6 Å². The molecule has 0 bridgehead atoms. The summed E-state index contributed by atoms with van der Waals surface area (Å²) in [5.41, 5.74) is -1.88. The third-order valence-corrected chi connectivity index (χ3v) is 6.54. The van der Waals surface area contributed by atoms with E-state index < -0.39 is 47.0 Å². The zero-order chi connectivity index (χ0) is 23.4. The van der Waals surface area contributed by atoms with Gasteiger partial charge in [0.2, 0.25) is 23.1 Å². The Hall–Kier alpha value is -2.74. The molecule has 1 spiro atoms. The molecule has 166 valence electrons. The van der Waals surface area contributed by atoms with E-state index in [1.54, 1.807) is 26.0 Å². The summed E-state index contributed by atoms with van der Waals surface area (Å²) in [6.07, 6.45) is -1.22. The van der Waals surface area contributed by atoms with E-state index in [2.05, 4.69) is 5.32 Å². The average Bonchev–Trinajstić information content (AvgIpc) is 3.20. The molecule has 2 aromatic carbocycles. The Bertz CT molecular complexity index is 1130. The monoisotopic (exact) mass is 475 g/mol. The first-order valence-corrected chi connectivity index (χ1v) is 10.7. The van der Waals surface area contributed by atoms with Gasteiger partial charge in [-0.25, -0.2) is 0 Å². The van der Waals surface area contributed by atoms with E-state index >= 15 is 0 Å². The van der Waals surface area contributed by atoms with E-state index in [9.17, 15) is 24.3 Å². The Labute approximate surface area is 193 Å². The molecular formula is C23H19Cl2NO6. The van der Waals surface area contributed by atoms with Gasteiger partial charge in [-0.3, -0.25) is 19.2 Å². The van der Waals surface area contributed by atoms with Gasteiger partial charge < -0.3 is 15.2 Å². The second-order valence-corrected chi connectivity index (χ2v) is 8.97. The standard InChI is InChI=1S/C23H19Cl2NO6/c1-10(2)26-21(29)16-17(22(30)31)23(19(27)12-5-3-4-6-13(12)20(23)28)32-18(16)11-7-8-14(24)15(25)9-11/h3-10,16-18H,1-2H3,(H,26,29)(H,30,31). The lowest BCUT2D eigenvalue weighted by molar-refractivity contribution is -0.148. The number of carbonyl (C=O) groups is 4. The molecule has 3 atom stereocenters. The molecule has 1 fully saturated rings. The van der Waals surface area contributed by atoms with Crippen LogP contribution in [-0.4, -0.2) is 40.2 Å². The molecule has 1 saturated heterocycles. The van der Waals surface area contributed by atoms with Crippen LogP contribution in [0.4, 0.5) is 0 Å². The highest BCUT2D eigenvalue weighted by Crippen LogP contribution is 2.54. The minimum atomic E-state index is -2.36. The molecule has 1 aliphatic heterocycles. The van der Waals surface area contributed by atoms with E-state index in [1.807, 2.05) is 0 Å². The van der Waals surface area contributed by atoms with Gasteiger partial charge in [-0.1, -0.05) is 53.5 Å². The fourth-order valence-corrected chi connectivity index (χ4v) is 4.81. The van der Waals surface area contributed by atoms with Crippen LogP contribution in [0, 0.1) is 11.8 Å². The molecule has 2 N–H and O–H groups in total. The summed E-state index contributed by atoms with van der Waals surface area (Å²) in [6, 6.07) is 10.2. The molecule has 3 unspecified atom stereocenters. The molecular weight excluding hydrogens is 457 g/mol. The number of carboxylic acids is 1. The molecule has 2 aromatic rings. The number of Topliss-reactive ketones (excluding diaryl/α,β-unsaturated/α-hetero) is 2. The molecule has 32 heavy (non-hydrogen) atoms. The van der Waals surface area contributed by atoms with E-state index in [0.29, 0.717) is 5.56 Å². The van der Waals surface area contributed by atoms with Gasteiger partial charge in [0.1, 0.15) is 5.92 Å². The lowest BCUT2D eigenvalue weighted by Gasteiger charge is -2.25. The second kappa shape index (κ2) is 7.99. The molecule has 1 amide bonds. The Morgan fingerprint density at radius 1 is 1.03 bits per heavy atom. The second-order valence-electron chi connectivity index (χ2n) is 8.16. The van der Waals surface area contributed by atoms with E-state index in [1.165, 1.54) is 30.3 Å². The Morgan fingerprint density at radius 2 is 1.62 bits per heavy atom. The van der Waals surface area contributed by atoms with Crippen LogP contribution in [0.5, 0.6) is 0 Å². The number of halogens is 2. The van der Waals surface area contributed by atoms with Gasteiger partial charge in [-0.15, -0.1) is 0 Å². The Morgan fingerprint density at radius 3 is 2.12 bits per heavy atom. The van der Waals surface area contributed by atoms with Gasteiger partial charge in [-0.05, 0) is 31.5 Å². The third kappa shape index (κ3) is 3.23. The van der Waals surface area contributed by atoms with Gasteiger partial charge >= 0.3 is 5.97 Å². The van der Waals surface area contributed by atoms with Crippen LogP contribution in [0.2, 0.25) is 10.0 Å². The fraction of sp³-hybridized carbons (Fsp3) is 0.304. The number of amides is 1. The van der Waals surface area contributed by atoms with Crippen molar-refractivity contribution in [2.75, 3.05) is 0 Å². The predicted molar refractivity (Wildman–Crippen MR) is 116 cm³/mol. The van der Waals surface area contributed by atoms with Crippen LogP contribution in [0.25, 0.3) is 0 Å². The van der Waals surface area contributed by atoms with E-state index in [-0.39, 0.29) is 27.2 Å². The number of aliphatic carboxylic acids is 1. The highest BCUT2D eigenvalue weighted by molar-refractivity contribution is 6.42. The minimum absolute atomic E-state index is 0.0709. The smallest absolute Gasteiger partial charge is 0.311 e. The molecule has 2 aliphatic rings. The van der Waals surface area contributed by atoms with Crippen molar-refractivity contribution in [1.82, 2.24) is 5.32 Å². The van der Waals surface area contributed by atoms with Crippen molar-refractivity contribution in [1.29, 1.82) is 0 Å². The van der Waals surface area contributed by atoms with Gasteiger partial charge in [-0.2, -0.15) is 0 Å². The summed E-state index contributed by atoms with van der Waals surface area (Å²) in [4.78, 5) is 52.6. The first-order valence-electron chi connectivity index (χ1n) is 9.94. The largest absolute Gasteiger partial charge is 0.481 e. The van der Waals surface area contributed by atoms with Gasteiger partial charge in [0, 0.05) is 17.2 Å². The van der Waals surface area contributed by atoms with Gasteiger partial charge in [0.25, 0.3) is 0 Å². The Balaban J connectivity index is 1.92. The number of hydrogen-bond acceptors (Lipinski definition) is 5. The highest BCUT2D eigenvalue weighted by Gasteiger charge is 2.71. The van der Waals surface area contributed by atoms with E-state index in [4.69, 9.17) is 27.9 Å². The summed E-state index contributed by atoms with van der Waals surface area (Å²) in [5, 5.41) is 13.3. The van der Waals surface area contributed by atoms with Crippen LogP contribution in [-0.2, 0) is 14.3 Å². The van der Waals surface area contributed by atoms with Gasteiger partial charge in [0.05, 0.1) is 22.1 Å². The first-order chi connectivity index (χ1) is 15.1. The number of carbonyl (C=O) groups excluding carboxylic acids is 3. The van der Waals surface area contributed by atoms with Crippen molar-refractivity contribution >= 4 is 46.6 Å². The number of hydrogen-bond donors (Lipinski definition) is 2. The molecule has 0 aromatic heterocycles. The molecule has 7 nitrogen and oxygen atoms in total. The molecule has 1 heterocycles. The van der Waals surface area contributed by atoms with Crippen LogP contribution in [0.1, 0.15) is 46.2 Å². The summed E-state index contributed by atoms with van der Waals surface area (Å²) in [6.45, 7) is 3.43. The normalized spacial score (nSPS) is 23.6. The third-order valence-electron chi connectivity index (χ3n) is 5.80. The topological polar surface area (TPSA) is 110 Å². The summed E-state index contributed by atoms with van der Waals surface area (Å²) in [5.74, 6) is -6.77. The molecule has 4 rings (SSSR count). The number of fused-ring (bicyclic) bond motifs is 1. The first kappa shape index (κ1) is 22.5. The fourth-order valence-electron chi connectivity index (χ4n) is 4.51. The summed E-state index contributed by atoms with van der Waals surface area (Å²) < 4.78 is 6.04. The maximum absolute atomic E-state index is 13.4. The number of ether oxygens (including phenoxy) is 1. The quantitative estimate of drug-likeness (QED) is 0.651. The van der Waals surface area contributed by atoms with Crippen LogP contribution in [0.15, 0.2) is 42.5 Å². The van der Waals surface area contributed by atoms with Crippen molar-refractivity contribution < 1.29 is 29.0 Å². The molecule has 1 aliphatic carbocycles. The summed E-state index contributed by atoms with van der Waals surface area (Å²) in [7, 11) is 0. The van der Waals surface area contributed by atoms with Crippen molar-refractivity contribution in [2.24, 2.45) is 11.8 Å². The van der Waals surface area contributed by atoms with Gasteiger partial charge in [0.15, 0.2) is 0 Å². The molecule has 0 radical (unpaired) electrons. The number of rotatable bonds is 4. The van der Waals surface area contributed by atoms with E-state index in [0.717, 1.165) is 0 Å². The number of carboxylic acid groups (broad SMARTS) is 1. The summed E-state index contributed by atoms with van der Waals surface area (Å²) >= 11 is 12.2. The number of ketones is 2. The SMILES string of the molecule is CC(C)NC(=O)C1C(c2ccc(Cl)c(Cl)c2)OC2(C(=O)c3ccccc3C2=O)C1C(=O)O. The maximum atomic E-state index is 13.4. The lowest BCUT2D eigenvalue weighted by atomic mass is 9.75. The zero-order valence-corrected chi connectivity index (χ0v) is 18.6. The van der Waals surface area contributed by atoms with Crippen LogP contribution < -0.4 is 5.32 Å². The number of benzene rings is 2. The van der Waals surface area contributed by atoms with Crippen molar-refractivity contribution in [3.8, 4) is 0 Å². The number of nitrogens with one attached hydrogen (secondary N) is 1. The lowest BCUT2D eigenvalue weighted by Crippen LogP contribution is -2.52. The highest BCUT2D eigenvalue weighted by atomic mass is 35.5. The van der Waals surface area contributed by atoms with Crippen LogP contribution in [0.3, 0.4) is 0 Å². The molecule has 9 heteroatoms. The minimum Gasteiger partial charge on any atom is -0.481 e. The molecule has 0 saturated carbocycles. The Kier molecular flexibility index (Phi) is 5.61.